The van der Waals surface area contributed by atoms with E-state index in [9.17, 15) is 9.18 Å². The number of aromatic nitrogens is 2. The normalized spacial score (nSPS) is 17.2. The van der Waals surface area contributed by atoms with Crippen LogP contribution < -0.4 is 0 Å². The molecule has 0 spiro atoms. The van der Waals surface area contributed by atoms with Gasteiger partial charge in [-0.3, -0.25) is 4.79 Å². The average molecular weight is 351 g/mol. The monoisotopic (exact) mass is 351 g/mol. The summed E-state index contributed by atoms with van der Waals surface area (Å²) in [6.07, 6.45) is 1.85. The molecular formula is C21H22FN3O. The molecule has 1 amide bonds. The Kier molecular flexibility index (Phi) is 4.23. The first-order chi connectivity index (χ1) is 12.6. The van der Waals surface area contributed by atoms with Crippen LogP contribution in [0.2, 0.25) is 0 Å². The van der Waals surface area contributed by atoms with E-state index >= 15 is 0 Å². The first-order valence-corrected chi connectivity index (χ1v) is 9.12. The van der Waals surface area contributed by atoms with Crippen molar-refractivity contribution < 1.29 is 9.18 Å². The lowest BCUT2D eigenvalue weighted by molar-refractivity contribution is 0.0727. The van der Waals surface area contributed by atoms with Crippen molar-refractivity contribution in [2.24, 2.45) is 0 Å². The van der Waals surface area contributed by atoms with Crippen LogP contribution in [-0.4, -0.2) is 26.9 Å². The zero-order chi connectivity index (χ0) is 18.3. The van der Waals surface area contributed by atoms with Crippen LogP contribution in [0.3, 0.4) is 0 Å². The fraction of sp³-hybridized carbons (Fsp3) is 0.333. The Morgan fingerprint density at radius 1 is 1.27 bits per heavy atom. The molecule has 1 unspecified atom stereocenters. The number of fused-ring (bicyclic) bond motifs is 1. The summed E-state index contributed by atoms with van der Waals surface area (Å²) in [5.74, 6) is 0.607. The lowest BCUT2D eigenvalue weighted by Gasteiger charge is -2.25. The third-order valence-corrected chi connectivity index (χ3v) is 5.22. The molecule has 1 saturated heterocycles. The summed E-state index contributed by atoms with van der Waals surface area (Å²) in [6.45, 7) is 5.29. The molecule has 26 heavy (non-hydrogen) atoms. The Labute approximate surface area is 152 Å². The number of carbonyl (C=O) groups is 1. The molecule has 1 fully saturated rings. The summed E-state index contributed by atoms with van der Waals surface area (Å²) in [6, 6.07) is 12.6. The summed E-state index contributed by atoms with van der Waals surface area (Å²) in [5.41, 5.74) is 3.09. The minimum atomic E-state index is -0.285. The number of para-hydroxylation sites is 2. The van der Waals surface area contributed by atoms with Gasteiger partial charge in [-0.2, -0.15) is 0 Å². The van der Waals surface area contributed by atoms with E-state index in [1.165, 1.54) is 6.07 Å². The summed E-state index contributed by atoms with van der Waals surface area (Å²) >= 11 is 0. The lowest BCUT2D eigenvalue weighted by Crippen LogP contribution is -2.32. The van der Waals surface area contributed by atoms with Gasteiger partial charge in [0.15, 0.2) is 0 Å². The van der Waals surface area contributed by atoms with E-state index in [4.69, 9.17) is 4.98 Å². The van der Waals surface area contributed by atoms with Crippen molar-refractivity contribution in [2.45, 2.75) is 39.3 Å². The van der Waals surface area contributed by atoms with E-state index in [-0.39, 0.29) is 17.8 Å². The Hall–Kier alpha value is -2.69. The zero-order valence-electron chi connectivity index (χ0n) is 15.1. The molecule has 2 aromatic carbocycles. The van der Waals surface area contributed by atoms with E-state index in [0.717, 1.165) is 36.2 Å². The minimum Gasteiger partial charge on any atom is -0.328 e. The molecule has 134 valence electrons. The van der Waals surface area contributed by atoms with Crippen LogP contribution in [-0.2, 0) is 6.54 Å². The maximum absolute atomic E-state index is 13.6. The van der Waals surface area contributed by atoms with Crippen molar-refractivity contribution in [1.29, 1.82) is 0 Å². The summed E-state index contributed by atoms with van der Waals surface area (Å²) in [7, 11) is 0. The number of imidazole rings is 1. The van der Waals surface area contributed by atoms with Crippen molar-refractivity contribution in [3.63, 3.8) is 0 Å². The maximum atomic E-state index is 13.6. The molecule has 1 aromatic heterocycles. The number of carbonyl (C=O) groups excluding carboxylic acids is 1. The van der Waals surface area contributed by atoms with E-state index < -0.39 is 0 Å². The molecule has 0 N–H and O–H groups in total. The zero-order valence-corrected chi connectivity index (χ0v) is 15.1. The fourth-order valence-corrected chi connectivity index (χ4v) is 3.90. The van der Waals surface area contributed by atoms with Gasteiger partial charge in [0.05, 0.1) is 17.1 Å². The largest absolute Gasteiger partial charge is 0.328 e. The van der Waals surface area contributed by atoms with Gasteiger partial charge >= 0.3 is 0 Å². The first kappa shape index (κ1) is 16.8. The topological polar surface area (TPSA) is 38.1 Å². The molecule has 1 aliphatic heterocycles. The van der Waals surface area contributed by atoms with Crippen LogP contribution in [0, 0.1) is 12.7 Å². The van der Waals surface area contributed by atoms with Crippen molar-refractivity contribution in [1.82, 2.24) is 14.5 Å². The molecular weight excluding hydrogens is 329 g/mol. The molecule has 4 nitrogen and oxygen atoms in total. The Balaban J connectivity index is 1.73. The highest BCUT2D eigenvalue weighted by molar-refractivity contribution is 5.95. The van der Waals surface area contributed by atoms with Crippen molar-refractivity contribution in [2.75, 3.05) is 6.54 Å². The summed E-state index contributed by atoms with van der Waals surface area (Å²) < 4.78 is 15.8. The second-order valence-corrected chi connectivity index (χ2v) is 6.82. The molecule has 1 atom stereocenters. The molecule has 0 bridgehead atoms. The van der Waals surface area contributed by atoms with Gasteiger partial charge < -0.3 is 9.47 Å². The summed E-state index contributed by atoms with van der Waals surface area (Å²) in [4.78, 5) is 19.8. The molecule has 0 aliphatic carbocycles. The highest BCUT2D eigenvalue weighted by Gasteiger charge is 2.34. The number of halogens is 1. The molecule has 1 aliphatic rings. The van der Waals surface area contributed by atoms with Crippen molar-refractivity contribution in [3.8, 4) is 0 Å². The van der Waals surface area contributed by atoms with E-state index in [1.54, 1.807) is 19.1 Å². The predicted octanol–water partition coefficient (Wildman–Crippen LogP) is 4.48. The molecule has 5 heteroatoms. The number of nitrogens with zero attached hydrogens (tertiary/aromatic N) is 3. The van der Waals surface area contributed by atoms with E-state index in [0.29, 0.717) is 17.7 Å². The van der Waals surface area contributed by atoms with Crippen LogP contribution in [0.4, 0.5) is 4.39 Å². The van der Waals surface area contributed by atoms with Gasteiger partial charge in [-0.25, -0.2) is 9.37 Å². The van der Waals surface area contributed by atoms with Gasteiger partial charge in [0.1, 0.15) is 11.6 Å². The molecule has 0 saturated carbocycles. The Morgan fingerprint density at radius 3 is 2.85 bits per heavy atom. The van der Waals surface area contributed by atoms with Crippen LogP contribution in [0.1, 0.15) is 47.6 Å². The van der Waals surface area contributed by atoms with Crippen molar-refractivity contribution in [3.05, 3.63) is 65.2 Å². The third-order valence-electron chi connectivity index (χ3n) is 5.22. The highest BCUT2D eigenvalue weighted by atomic mass is 19.1. The van der Waals surface area contributed by atoms with Gasteiger partial charge in [0.2, 0.25) is 0 Å². The van der Waals surface area contributed by atoms with Gasteiger partial charge in [0.25, 0.3) is 5.91 Å². The van der Waals surface area contributed by atoms with Crippen LogP contribution in [0.25, 0.3) is 11.0 Å². The number of rotatable bonds is 3. The first-order valence-electron chi connectivity index (χ1n) is 9.12. The highest BCUT2D eigenvalue weighted by Crippen LogP contribution is 2.34. The number of benzene rings is 2. The van der Waals surface area contributed by atoms with Gasteiger partial charge in [-0.1, -0.05) is 12.1 Å². The molecule has 3 aromatic rings. The standard InChI is InChI=1S/C21H22FN3O/c1-3-24-18-8-5-4-7-17(18)23-20(24)19-9-6-12-25(19)21(26)15-10-11-16(22)14(2)13-15/h4-5,7-8,10-11,13,19H,3,6,9,12H2,1-2H3. The predicted molar refractivity (Wildman–Crippen MR) is 99.6 cm³/mol. The second-order valence-electron chi connectivity index (χ2n) is 6.82. The number of hydrogen-bond donors (Lipinski definition) is 0. The van der Waals surface area contributed by atoms with Crippen LogP contribution >= 0.6 is 0 Å². The molecule has 0 radical (unpaired) electrons. The number of aryl methyl sites for hydroxylation is 2. The third kappa shape index (κ3) is 2.68. The average Bonchev–Trinajstić information content (AvgIpc) is 3.27. The minimum absolute atomic E-state index is 0.0415. The Bertz CT molecular complexity index is 979. The fourth-order valence-electron chi connectivity index (χ4n) is 3.90. The SMILES string of the molecule is CCn1c(C2CCCN2C(=O)c2ccc(F)c(C)c2)nc2ccccc21. The smallest absolute Gasteiger partial charge is 0.254 e. The van der Waals surface area contributed by atoms with E-state index in [2.05, 4.69) is 17.6 Å². The number of amides is 1. The second kappa shape index (κ2) is 6.56. The quantitative estimate of drug-likeness (QED) is 0.698. The molecule has 2 heterocycles. The van der Waals surface area contributed by atoms with Gasteiger partial charge in [-0.15, -0.1) is 0 Å². The molecule has 4 rings (SSSR count). The van der Waals surface area contributed by atoms with Crippen LogP contribution in [0.5, 0.6) is 0 Å². The Morgan fingerprint density at radius 2 is 2.08 bits per heavy atom. The maximum Gasteiger partial charge on any atom is 0.254 e. The van der Waals surface area contributed by atoms with E-state index in [1.807, 2.05) is 23.1 Å². The van der Waals surface area contributed by atoms with Gasteiger partial charge in [0, 0.05) is 18.7 Å². The van der Waals surface area contributed by atoms with Gasteiger partial charge in [-0.05, 0) is 62.6 Å². The summed E-state index contributed by atoms with van der Waals surface area (Å²) in [5, 5.41) is 0. The number of hydrogen-bond acceptors (Lipinski definition) is 2. The lowest BCUT2D eigenvalue weighted by atomic mass is 10.1. The van der Waals surface area contributed by atoms with Crippen molar-refractivity contribution >= 4 is 16.9 Å². The number of likely N-dealkylation sites (tertiary alicyclic amines) is 1. The van der Waals surface area contributed by atoms with Crippen LogP contribution in [0.15, 0.2) is 42.5 Å².